The van der Waals surface area contributed by atoms with E-state index in [1.165, 1.54) is 24.3 Å². The van der Waals surface area contributed by atoms with E-state index in [4.69, 9.17) is 8.83 Å². The summed E-state index contributed by atoms with van der Waals surface area (Å²) in [5.41, 5.74) is 16.7. The van der Waals surface area contributed by atoms with Gasteiger partial charge in [0.15, 0.2) is 0 Å². The van der Waals surface area contributed by atoms with Crippen LogP contribution >= 0.6 is 0 Å². The van der Waals surface area contributed by atoms with Crippen LogP contribution in [0.1, 0.15) is 11.1 Å². The minimum atomic E-state index is -0.344. The van der Waals surface area contributed by atoms with E-state index >= 15 is 4.39 Å². The maximum absolute atomic E-state index is 15.1. The van der Waals surface area contributed by atoms with E-state index in [9.17, 15) is 14.9 Å². The largest absolute Gasteiger partial charge is 0.455 e. The van der Waals surface area contributed by atoms with Crippen LogP contribution in [0.25, 0.3) is 98.1 Å². The van der Waals surface area contributed by atoms with Crippen LogP contribution in [-0.2, 0) is 0 Å². The Morgan fingerprint density at radius 1 is 0.220 bits per heavy atom. The Morgan fingerprint density at radius 2 is 0.430 bits per heavy atom. The smallest absolute Gasteiger partial charge is 0.143 e. The maximum atomic E-state index is 15.1. The molecule has 8 nitrogen and oxygen atoms in total. The van der Waals surface area contributed by atoms with Crippen LogP contribution in [0.2, 0.25) is 0 Å². The second-order valence-corrected chi connectivity index (χ2v) is 24.9. The van der Waals surface area contributed by atoms with Crippen LogP contribution in [0, 0.1) is 34.3 Å². The fraction of sp³-hybridized carbons (Fsp3) is 0. The van der Waals surface area contributed by atoms with Crippen molar-refractivity contribution in [3.63, 3.8) is 0 Å². The van der Waals surface area contributed by atoms with Gasteiger partial charge < -0.3 is 28.4 Å². The first-order chi connectivity index (χ1) is 49.3. The van der Waals surface area contributed by atoms with E-state index in [0.717, 1.165) is 166 Å². The van der Waals surface area contributed by atoms with Gasteiger partial charge in [-0.3, -0.25) is 0 Å². The summed E-state index contributed by atoms with van der Waals surface area (Å²) < 4.78 is 43.9. The van der Waals surface area contributed by atoms with Gasteiger partial charge in [0.25, 0.3) is 0 Å². The average molecular weight is 1290 g/mol. The van der Waals surface area contributed by atoms with E-state index in [2.05, 4.69) is 189 Å². The SMILES string of the molecule is N#Cc1ccc(N(c2ccccc2)c2cc3c4cc(N(c5ccc(C#N)cc5)c5ccc(-c6ccc(N(c7ccc(F)cc7)c7cc8c9cc(N(c%10ccccc%10)c%10ccc(F)cc%10)c%10ccccc%10c9oc8c8ccccc78)cc6)cc5)c5ccccc5c4oc3c3ccccc23)cc1. The number of fused-ring (bicyclic) bond motifs is 14. The van der Waals surface area contributed by atoms with Crippen LogP contribution < -0.4 is 19.6 Å². The van der Waals surface area contributed by atoms with Crippen molar-refractivity contribution in [1.29, 1.82) is 10.5 Å². The predicted molar refractivity (Wildman–Crippen MR) is 405 cm³/mol. The van der Waals surface area contributed by atoms with Crippen LogP contribution in [-0.4, -0.2) is 0 Å². The molecular weight excluding hydrogens is 1240 g/mol. The van der Waals surface area contributed by atoms with Crippen molar-refractivity contribution in [2.75, 3.05) is 19.6 Å². The van der Waals surface area contributed by atoms with Crippen molar-refractivity contribution >= 4 is 155 Å². The summed E-state index contributed by atoms with van der Waals surface area (Å²) in [6, 6.07) is 113. The molecule has 0 saturated heterocycles. The quantitative estimate of drug-likeness (QED) is 0.113. The van der Waals surface area contributed by atoms with Gasteiger partial charge in [-0.2, -0.15) is 10.5 Å². The Bertz CT molecular complexity index is 6310. The van der Waals surface area contributed by atoms with Gasteiger partial charge in [0.05, 0.1) is 46.0 Å². The van der Waals surface area contributed by atoms with Crippen LogP contribution in [0.5, 0.6) is 0 Å². The van der Waals surface area contributed by atoms with Crippen molar-refractivity contribution in [3.05, 3.63) is 350 Å². The summed E-state index contributed by atoms with van der Waals surface area (Å²) in [6.07, 6.45) is 0. The number of furan rings is 2. The number of halogens is 2. The monoisotopic (exact) mass is 1290 g/mol. The summed E-state index contributed by atoms with van der Waals surface area (Å²) in [5.74, 6) is -0.663. The first-order valence-electron chi connectivity index (χ1n) is 32.9. The fourth-order valence-electron chi connectivity index (χ4n) is 14.5. The molecule has 0 saturated carbocycles. The Kier molecular flexibility index (Phi) is 14.2. The molecule has 0 bridgehead atoms. The molecular formula is C90H54F2N6O2. The summed E-state index contributed by atoms with van der Waals surface area (Å²) in [6.45, 7) is 0. The number of nitriles is 2. The molecule has 0 fully saturated rings. The minimum Gasteiger partial charge on any atom is -0.455 e. The molecule has 0 N–H and O–H groups in total. The summed E-state index contributed by atoms with van der Waals surface area (Å²) in [4.78, 5) is 8.84. The lowest BCUT2D eigenvalue weighted by molar-refractivity contribution is 0.627. The molecule has 470 valence electrons. The van der Waals surface area contributed by atoms with Crippen molar-refractivity contribution in [2.45, 2.75) is 0 Å². The molecule has 2 heterocycles. The number of nitrogens with zero attached hydrogens (tertiary/aromatic N) is 6. The third kappa shape index (κ3) is 9.94. The standard InChI is InChI=1S/C90H54F2N6O2/c91-61-35-47-69(48-36-61)96(64-17-5-2-6-18-64)84-52-80-82-54-86(74-22-10-14-26-78(74)90(82)100-88(80)76-24-12-8-20-72(76)84)98(70-49-37-62(92)38-50-70)68-45-33-60(34-46-68)59-31-43-67(44-32-59)97(66-41-29-58(56-94)30-42-66)85-53-81-79-51-83(95(63-15-3-1-4-16-63)65-39-27-57(55-93)28-40-65)71-19-7-11-23-75(71)87(79)99-89(81)77-25-13-9-21-73(77)85/h1-54H. The van der Waals surface area contributed by atoms with Crippen molar-refractivity contribution < 1.29 is 17.6 Å². The Hall–Kier alpha value is -13.8. The molecule has 0 aliphatic rings. The minimum absolute atomic E-state index is 0.319. The highest BCUT2D eigenvalue weighted by molar-refractivity contribution is 6.27. The highest BCUT2D eigenvalue weighted by atomic mass is 19.1. The lowest BCUT2D eigenvalue weighted by Crippen LogP contribution is -2.11. The van der Waals surface area contributed by atoms with Crippen LogP contribution in [0.15, 0.2) is 336 Å². The predicted octanol–water partition coefficient (Wildman–Crippen LogP) is 25.7. The summed E-state index contributed by atoms with van der Waals surface area (Å²) in [5, 5.41) is 31.1. The van der Waals surface area contributed by atoms with Gasteiger partial charge in [-0.1, -0.05) is 158 Å². The first kappa shape index (κ1) is 58.8. The van der Waals surface area contributed by atoms with Crippen LogP contribution in [0.4, 0.5) is 77.0 Å². The van der Waals surface area contributed by atoms with Gasteiger partial charge in [-0.25, -0.2) is 8.78 Å². The number of hydrogen-bond donors (Lipinski definition) is 0. The normalized spacial score (nSPS) is 11.5. The van der Waals surface area contributed by atoms with E-state index in [-0.39, 0.29) is 11.6 Å². The number of benzene rings is 16. The molecule has 18 aromatic rings. The summed E-state index contributed by atoms with van der Waals surface area (Å²) >= 11 is 0. The molecule has 10 heteroatoms. The topological polar surface area (TPSA) is 86.8 Å². The van der Waals surface area contributed by atoms with Gasteiger partial charge >= 0.3 is 0 Å². The fourth-order valence-corrected chi connectivity index (χ4v) is 14.5. The first-order valence-corrected chi connectivity index (χ1v) is 32.9. The second-order valence-electron chi connectivity index (χ2n) is 24.9. The van der Waals surface area contributed by atoms with Crippen LogP contribution in [0.3, 0.4) is 0 Å². The maximum Gasteiger partial charge on any atom is 0.143 e. The lowest BCUT2D eigenvalue weighted by Gasteiger charge is -2.28. The molecule has 16 aromatic carbocycles. The number of hydrogen-bond acceptors (Lipinski definition) is 8. The average Bonchev–Trinajstić information content (AvgIpc) is 1.55. The van der Waals surface area contributed by atoms with Crippen molar-refractivity contribution in [3.8, 4) is 23.3 Å². The summed E-state index contributed by atoms with van der Waals surface area (Å²) in [7, 11) is 0. The molecule has 0 atom stereocenters. The molecule has 0 amide bonds. The van der Waals surface area contributed by atoms with Crippen molar-refractivity contribution in [1.82, 2.24) is 0 Å². The van der Waals surface area contributed by atoms with E-state index in [1.54, 1.807) is 12.1 Å². The molecule has 0 radical (unpaired) electrons. The number of para-hydroxylation sites is 2. The Labute approximate surface area is 573 Å². The Balaban J connectivity index is 0.764. The van der Waals surface area contributed by atoms with Gasteiger partial charge in [-0.05, 0) is 181 Å². The zero-order valence-electron chi connectivity index (χ0n) is 53.4. The highest BCUT2D eigenvalue weighted by Crippen LogP contribution is 2.52. The highest BCUT2D eigenvalue weighted by Gasteiger charge is 2.28. The molecule has 100 heavy (non-hydrogen) atoms. The Morgan fingerprint density at radius 3 is 0.680 bits per heavy atom. The lowest BCUT2D eigenvalue weighted by atomic mass is 9.98. The van der Waals surface area contributed by atoms with Crippen molar-refractivity contribution in [2.24, 2.45) is 0 Å². The zero-order valence-corrected chi connectivity index (χ0v) is 53.4. The molecule has 0 aliphatic carbocycles. The molecule has 0 aliphatic heterocycles. The van der Waals surface area contributed by atoms with Gasteiger partial charge in [0.1, 0.15) is 34.0 Å². The molecule has 0 spiro atoms. The molecule has 2 aromatic heterocycles. The van der Waals surface area contributed by atoms with E-state index in [0.29, 0.717) is 11.1 Å². The third-order valence-corrected chi connectivity index (χ3v) is 19.1. The zero-order chi connectivity index (χ0) is 67.0. The third-order valence-electron chi connectivity index (χ3n) is 19.1. The molecule has 0 unspecified atom stereocenters. The van der Waals surface area contributed by atoms with E-state index in [1.807, 2.05) is 133 Å². The second kappa shape index (κ2) is 24.1. The van der Waals surface area contributed by atoms with Gasteiger partial charge in [0.2, 0.25) is 0 Å². The number of anilines is 12. The van der Waals surface area contributed by atoms with Gasteiger partial charge in [-0.15, -0.1) is 0 Å². The van der Waals surface area contributed by atoms with E-state index < -0.39 is 0 Å². The molecule has 18 rings (SSSR count). The number of rotatable bonds is 13. The van der Waals surface area contributed by atoms with Gasteiger partial charge in [0, 0.05) is 110 Å².